The molecule has 0 N–H and O–H groups in total. The lowest BCUT2D eigenvalue weighted by molar-refractivity contribution is -0.142. The van der Waals surface area contributed by atoms with E-state index in [1.807, 2.05) is 0 Å². The van der Waals surface area contributed by atoms with Crippen molar-refractivity contribution in [3.05, 3.63) is 64.0 Å². The smallest absolute Gasteiger partial charge is 0.433 e. The van der Waals surface area contributed by atoms with Gasteiger partial charge in [-0.25, -0.2) is 23.4 Å². The van der Waals surface area contributed by atoms with Crippen molar-refractivity contribution in [1.82, 2.24) is 4.98 Å². The lowest BCUT2D eigenvalue weighted by atomic mass is 9.93. The molecule has 0 unspecified atom stereocenters. The summed E-state index contributed by atoms with van der Waals surface area (Å²) in [5, 5.41) is 0. The Morgan fingerprint density at radius 3 is 2.26 bits per heavy atom. The van der Waals surface area contributed by atoms with Crippen LogP contribution >= 0.6 is 0 Å². The van der Waals surface area contributed by atoms with Crippen LogP contribution in [-0.2, 0) is 28.7 Å². The molecule has 0 radical (unpaired) electrons. The summed E-state index contributed by atoms with van der Waals surface area (Å²) in [5.41, 5.74) is -4.39. The molecule has 0 atom stereocenters. The van der Waals surface area contributed by atoms with Crippen molar-refractivity contribution < 1.29 is 41.0 Å². The molecule has 0 saturated heterocycles. The average molecular weight is 443 g/mol. The van der Waals surface area contributed by atoms with Gasteiger partial charge in [0.1, 0.15) is 12.3 Å². The molecule has 1 aliphatic carbocycles. The van der Waals surface area contributed by atoms with Crippen molar-refractivity contribution >= 4 is 11.9 Å². The number of halogens is 5. The van der Waals surface area contributed by atoms with E-state index in [0.717, 1.165) is 7.11 Å². The Hall–Kier alpha value is -3.04. The van der Waals surface area contributed by atoms with E-state index in [-0.39, 0.29) is 23.5 Å². The number of aromatic nitrogens is 1. The normalized spacial score (nSPS) is 13.9. The predicted octanol–water partition coefficient (Wildman–Crippen LogP) is 5.13. The summed E-state index contributed by atoms with van der Waals surface area (Å²) in [6.45, 7) is -0.884. The van der Waals surface area contributed by atoms with Crippen molar-refractivity contribution in [2.24, 2.45) is 5.92 Å². The van der Waals surface area contributed by atoms with Crippen LogP contribution < -0.4 is 0 Å². The van der Waals surface area contributed by atoms with Crippen molar-refractivity contribution in [1.29, 1.82) is 0 Å². The molecule has 1 heterocycles. The Morgan fingerprint density at radius 2 is 1.74 bits per heavy atom. The van der Waals surface area contributed by atoms with Crippen LogP contribution in [0, 0.1) is 5.92 Å². The molecule has 0 aliphatic heterocycles. The molecule has 5 nitrogen and oxygen atoms in total. The minimum atomic E-state index is -5.11. The second-order valence-electron chi connectivity index (χ2n) is 7.06. The number of nitrogens with zero attached hydrogens (tertiary/aromatic N) is 1. The summed E-state index contributed by atoms with van der Waals surface area (Å²) >= 11 is 0. The standard InChI is InChI=1S/C21H18F5NO4/c1-30-20(29)15-13(9-11-7-8-11)14(10-31-19(28)12-5-3-2-4-6-12)17(21(24,25)26)27-16(15)18(22)23/h2-6,11,18H,7-10H2,1H3. The minimum Gasteiger partial charge on any atom is -0.465 e. The summed E-state index contributed by atoms with van der Waals surface area (Å²) in [6, 6.07) is 7.56. The van der Waals surface area contributed by atoms with Crippen molar-refractivity contribution in [3.8, 4) is 0 Å². The largest absolute Gasteiger partial charge is 0.465 e. The number of esters is 2. The number of benzene rings is 1. The first-order valence-corrected chi connectivity index (χ1v) is 9.35. The first kappa shape index (κ1) is 22.6. The molecular weight excluding hydrogens is 425 g/mol. The van der Waals surface area contributed by atoms with Crippen LogP contribution in [0.4, 0.5) is 22.0 Å². The summed E-state index contributed by atoms with van der Waals surface area (Å²) in [6.07, 6.45) is -7.25. The number of methoxy groups -OCH3 is 1. The lowest BCUT2D eigenvalue weighted by Crippen LogP contribution is -2.23. The fourth-order valence-electron chi connectivity index (χ4n) is 3.20. The predicted molar refractivity (Wildman–Crippen MR) is 97.5 cm³/mol. The minimum absolute atomic E-state index is 0.0615. The third-order valence-electron chi connectivity index (χ3n) is 4.85. The van der Waals surface area contributed by atoms with Crippen LogP contribution in [0.2, 0.25) is 0 Å². The van der Waals surface area contributed by atoms with Gasteiger partial charge < -0.3 is 9.47 Å². The molecule has 1 aromatic carbocycles. The highest BCUT2D eigenvalue weighted by atomic mass is 19.4. The Balaban J connectivity index is 2.13. The van der Waals surface area contributed by atoms with Gasteiger partial charge in [-0.1, -0.05) is 18.2 Å². The van der Waals surface area contributed by atoms with Crippen molar-refractivity contribution in [2.75, 3.05) is 7.11 Å². The van der Waals surface area contributed by atoms with Gasteiger partial charge in [0.05, 0.1) is 18.2 Å². The zero-order valence-electron chi connectivity index (χ0n) is 16.3. The van der Waals surface area contributed by atoms with E-state index in [0.29, 0.717) is 12.8 Å². The quantitative estimate of drug-likeness (QED) is 0.438. The molecule has 10 heteroatoms. The van der Waals surface area contributed by atoms with Gasteiger partial charge in [-0.2, -0.15) is 13.2 Å². The van der Waals surface area contributed by atoms with Gasteiger partial charge >= 0.3 is 18.1 Å². The van der Waals surface area contributed by atoms with E-state index in [1.54, 1.807) is 18.2 Å². The second-order valence-corrected chi connectivity index (χ2v) is 7.06. The first-order valence-electron chi connectivity index (χ1n) is 9.35. The number of pyridine rings is 1. The number of alkyl halides is 5. The fraction of sp³-hybridized carbons (Fsp3) is 0.381. The molecule has 0 amide bonds. The SMILES string of the molecule is COC(=O)c1c(C(F)F)nc(C(F)(F)F)c(COC(=O)c2ccccc2)c1CC1CC1. The number of ether oxygens (including phenoxy) is 2. The highest BCUT2D eigenvalue weighted by molar-refractivity contribution is 5.93. The Kier molecular flexibility index (Phi) is 6.56. The Bertz CT molecular complexity index is 972. The molecule has 2 aromatic rings. The summed E-state index contributed by atoms with van der Waals surface area (Å²) in [7, 11) is 0.936. The number of hydrogen-bond donors (Lipinski definition) is 0. The molecule has 1 fully saturated rings. The Morgan fingerprint density at radius 1 is 1.10 bits per heavy atom. The molecular formula is C21H18F5NO4. The maximum Gasteiger partial charge on any atom is 0.433 e. The average Bonchev–Trinajstić information content (AvgIpc) is 3.55. The van der Waals surface area contributed by atoms with Gasteiger partial charge in [0, 0.05) is 5.56 Å². The lowest BCUT2D eigenvalue weighted by Gasteiger charge is -2.21. The third kappa shape index (κ3) is 5.18. The van der Waals surface area contributed by atoms with Gasteiger partial charge in [-0.05, 0) is 42.9 Å². The molecule has 0 spiro atoms. The first-order chi connectivity index (χ1) is 14.6. The van der Waals surface area contributed by atoms with E-state index in [1.165, 1.54) is 12.1 Å². The van der Waals surface area contributed by atoms with E-state index in [2.05, 4.69) is 9.72 Å². The molecule has 31 heavy (non-hydrogen) atoms. The fourth-order valence-corrected chi connectivity index (χ4v) is 3.20. The van der Waals surface area contributed by atoms with Gasteiger partial charge in [-0.3, -0.25) is 0 Å². The number of rotatable bonds is 7. The van der Waals surface area contributed by atoms with Crippen LogP contribution in [0.3, 0.4) is 0 Å². The number of carbonyl (C=O) groups is 2. The van der Waals surface area contributed by atoms with Crippen LogP contribution in [0.1, 0.15) is 62.5 Å². The van der Waals surface area contributed by atoms with Gasteiger partial charge in [-0.15, -0.1) is 0 Å². The Labute approximate surface area is 174 Å². The summed E-state index contributed by atoms with van der Waals surface area (Å²) in [4.78, 5) is 27.6. The zero-order chi connectivity index (χ0) is 22.8. The van der Waals surface area contributed by atoms with Crippen LogP contribution in [-0.4, -0.2) is 24.0 Å². The topological polar surface area (TPSA) is 65.5 Å². The molecule has 166 valence electrons. The highest BCUT2D eigenvalue weighted by Crippen LogP contribution is 2.41. The second kappa shape index (κ2) is 8.99. The molecule has 3 rings (SSSR count). The third-order valence-corrected chi connectivity index (χ3v) is 4.85. The maximum absolute atomic E-state index is 13.7. The molecule has 1 aromatic heterocycles. The van der Waals surface area contributed by atoms with E-state index < -0.39 is 53.7 Å². The number of hydrogen-bond acceptors (Lipinski definition) is 5. The molecule has 1 saturated carbocycles. The van der Waals surface area contributed by atoms with Gasteiger partial charge in [0.2, 0.25) is 0 Å². The summed E-state index contributed by atoms with van der Waals surface area (Å²) in [5.74, 6) is -2.19. The van der Waals surface area contributed by atoms with Crippen LogP contribution in [0.5, 0.6) is 0 Å². The zero-order valence-corrected chi connectivity index (χ0v) is 16.3. The number of carbonyl (C=O) groups excluding carboxylic acids is 2. The van der Waals surface area contributed by atoms with Crippen molar-refractivity contribution in [2.45, 2.75) is 38.5 Å². The van der Waals surface area contributed by atoms with E-state index in [4.69, 9.17) is 4.74 Å². The van der Waals surface area contributed by atoms with Crippen molar-refractivity contribution in [3.63, 3.8) is 0 Å². The van der Waals surface area contributed by atoms with Gasteiger partial charge in [0.25, 0.3) is 6.43 Å². The maximum atomic E-state index is 13.7. The van der Waals surface area contributed by atoms with E-state index in [9.17, 15) is 31.5 Å². The van der Waals surface area contributed by atoms with Crippen LogP contribution in [0.25, 0.3) is 0 Å². The monoisotopic (exact) mass is 443 g/mol. The summed E-state index contributed by atoms with van der Waals surface area (Å²) < 4.78 is 77.9. The van der Waals surface area contributed by atoms with E-state index >= 15 is 0 Å². The van der Waals surface area contributed by atoms with Crippen LogP contribution in [0.15, 0.2) is 30.3 Å². The van der Waals surface area contributed by atoms with Gasteiger partial charge in [0.15, 0.2) is 5.69 Å². The molecule has 1 aliphatic rings. The molecule has 0 bridgehead atoms. The highest BCUT2D eigenvalue weighted by Gasteiger charge is 2.41.